The minimum absolute atomic E-state index is 0.0987. The van der Waals surface area contributed by atoms with E-state index >= 15 is 0 Å². The van der Waals surface area contributed by atoms with Gasteiger partial charge < -0.3 is 9.47 Å². The average molecular weight is 338 g/mol. The molecule has 0 aliphatic rings. The fourth-order valence-corrected chi connectivity index (χ4v) is 2.25. The predicted octanol–water partition coefficient (Wildman–Crippen LogP) is 3.85. The largest absolute Gasteiger partial charge is 0.463 e. The van der Waals surface area contributed by atoms with Gasteiger partial charge in [-0.3, -0.25) is 4.79 Å². The van der Waals surface area contributed by atoms with E-state index in [9.17, 15) is 9.59 Å². The molecule has 2 rings (SSSR count). The number of rotatable bonds is 8. The van der Waals surface area contributed by atoms with Gasteiger partial charge in [0.2, 0.25) is 0 Å². The first-order valence-corrected chi connectivity index (χ1v) is 8.28. The van der Waals surface area contributed by atoms with E-state index in [1.54, 1.807) is 13.0 Å². The summed E-state index contributed by atoms with van der Waals surface area (Å²) in [5.41, 5.74) is 2.28. The second kappa shape index (κ2) is 10.1. The normalized spacial score (nSPS) is 11.0. The molecule has 0 saturated heterocycles. The third-order valence-electron chi connectivity index (χ3n) is 3.54. The molecule has 0 aliphatic carbocycles. The highest BCUT2D eigenvalue weighted by molar-refractivity contribution is 5.93. The summed E-state index contributed by atoms with van der Waals surface area (Å²) in [5.74, 6) is -0.925. The van der Waals surface area contributed by atoms with E-state index in [0.717, 1.165) is 11.1 Å². The lowest BCUT2D eigenvalue weighted by Crippen LogP contribution is -2.14. The van der Waals surface area contributed by atoms with Gasteiger partial charge in [0.15, 0.2) is 0 Å². The molecule has 0 saturated carbocycles. The van der Waals surface area contributed by atoms with Gasteiger partial charge in [-0.25, -0.2) is 4.79 Å². The highest BCUT2D eigenvalue weighted by Crippen LogP contribution is 2.11. The predicted molar refractivity (Wildman–Crippen MR) is 95.7 cm³/mol. The molecular weight excluding hydrogens is 316 g/mol. The highest BCUT2D eigenvalue weighted by Gasteiger charge is 2.16. The summed E-state index contributed by atoms with van der Waals surface area (Å²) in [6.07, 6.45) is 2.19. The van der Waals surface area contributed by atoms with Gasteiger partial charge >= 0.3 is 11.9 Å². The van der Waals surface area contributed by atoms with E-state index in [-0.39, 0.29) is 19.6 Å². The number of ether oxygens (including phenoxy) is 2. The van der Waals surface area contributed by atoms with Crippen molar-refractivity contribution in [3.63, 3.8) is 0 Å². The maximum Gasteiger partial charge on any atom is 0.334 e. The summed E-state index contributed by atoms with van der Waals surface area (Å²) in [4.78, 5) is 24.2. The summed E-state index contributed by atoms with van der Waals surface area (Å²) >= 11 is 0. The monoisotopic (exact) mass is 338 g/mol. The molecule has 0 fully saturated rings. The van der Waals surface area contributed by atoms with E-state index in [0.29, 0.717) is 12.0 Å². The van der Waals surface area contributed by atoms with Crippen molar-refractivity contribution in [1.82, 2.24) is 0 Å². The van der Waals surface area contributed by atoms with Gasteiger partial charge in [-0.05, 0) is 24.5 Å². The van der Waals surface area contributed by atoms with Crippen molar-refractivity contribution in [3.05, 3.63) is 83.4 Å². The minimum atomic E-state index is -0.477. The lowest BCUT2D eigenvalue weighted by Gasteiger charge is -2.08. The Balaban J connectivity index is 1.97. The van der Waals surface area contributed by atoms with Gasteiger partial charge in [0, 0.05) is 5.57 Å². The Morgan fingerprint density at radius 3 is 2.08 bits per heavy atom. The van der Waals surface area contributed by atoms with Gasteiger partial charge in [0.1, 0.15) is 6.61 Å². The van der Waals surface area contributed by atoms with Gasteiger partial charge in [-0.2, -0.15) is 0 Å². The Bertz CT molecular complexity index is 705. The summed E-state index contributed by atoms with van der Waals surface area (Å²) < 4.78 is 10.3. The second-order valence-corrected chi connectivity index (χ2v) is 5.46. The molecule has 2 aromatic carbocycles. The Kier molecular flexibility index (Phi) is 7.44. The Morgan fingerprint density at radius 1 is 0.880 bits per heavy atom. The zero-order chi connectivity index (χ0) is 17.9. The lowest BCUT2D eigenvalue weighted by molar-refractivity contribution is -0.147. The number of carbonyl (C=O) groups is 2. The summed E-state index contributed by atoms with van der Waals surface area (Å²) in [6, 6.07) is 19.1. The molecule has 4 nitrogen and oxygen atoms in total. The molecule has 25 heavy (non-hydrogen) atoms. The van der Waals surface area contributed by atoms with Crippen molar-refractivity contribution in [3.8, 4) is 0 Å². The maximum absolute atomic E-state index is 12.1. The van der Waals surface area contributed by atoms with Crippen LogP contribution in [0, 0.1) is 0 Å². The molecule has 0 atom stereocenters. The van der Waals surface area contributed by atoms with E-state index in [1.807, 2.05) is 60.7 Å². The fraction of sp³-hybridized carbons (Fsp3) is 0.238. The van der Waals surface area contributed by atoms with Gasteiger partial charge in [-0.15, -0.1) is 0 Å². The van der Waals surface area contributed by atoms with Gasteiger partial charge in [-0.1, -0.05) is 66.7 Å². The van der Waals surface area contributed by atoms with Crippen molar-refractivity contribution in [2.24, 2.45) is 0 Å². The molecule has 0 unspecified atom stereocenters. The minimum Gasteiger partial charge on any atom is -0.463 e. The molecule has 130 valence electrons. The second-order valence-electron chi connectivity index (χ2n) is 5.46. The van der Waals surface area contributed by atoms with E-state index in [4.69, 9.17) is 9.47 Å². The van der Waals surface area contributed by atoms with Crippen LogP contribution in [-0.4, -0.2) is 18.5 Å². The van der Waals surface area contributed by atoms with Gasteiger partial charge in [0.25, 0.3) is 0 Å². The number of carbonyl (C=O) groups excluding carboxylic acids is 2. The molecule has 0 heterocycles. The molecule has 0 bridgehead atoms. The van der Waals surface area contributed by atoms with Crippen molar-refractivity contribution in [2.75, 3.05) is 6.61 Å². The molecule has 0 spiro atoms. The fourth-order valence-electron chi connectivity index (χ4n) is 2.25. The van der Waals surface area contributed by atoms with Crippen molar-refractivity contribution < 1.29 is 19.1 Å². The summed E-state index contributed by atoms with van der Waals surface area (Å²) in [6.45, 7) is 2.19. The summed E-state index contributed by atoms with van der Waals surface area (Å²) in [5, 5.41) is 0. The number of allylic oxidation sites excluding steroid dienone is 1. The maximum atomic E-state index is 12.1. The van der Waals surface area contributed by atoms with E-state index in [2.05, 4.69) is 0 Å². The van der Waals surface area contributed by atoms with Crippen LogP contribution < -0.4 is 0 Å². The van der Waals surface area contributed by atoms with Crippen molar-refractivity contribution in [2.45, 2.75) is 26.4 Å². The first kappa shape index (κ1) is 18.5. The molecule has 4 heteroatoms. The Morgan fingerprint density at radius 2 is 1.48 bits per heavy atom. The molecule has 0 amide bonds. The molecule has 0 radical (unpaired) electrons. The van der Waals surface area contributed by atoms with Crippen LogP contribution in [0.25, 0.3) is 0 Å². The third kappa shape index (κ3) is 6.63. The molecule has 0 N–H and O–H groups in total. The quantitative estimate of drug-likeness (QED) is 0.542. The van der Waals surface area contributed by atoms with E-state index in [1.165, 1.54) is 0 Å². The third-order valence-corrected chi connectivity index (χ3v) is 3.54. The van der Waals surface area contributed by atoms with Crippen LogP contribution in [0.3, 0.4) is 0 Å². The Hall–Kier alpha value is -2.88. The molecule has 0 aliphatic heterocycles. The zero-order valence-corrected chi connectivity index (χ0v) is 14.3. The van der Waals surface area contributed by atoms with E-state index < -0.39 is 11.9 Å². The average Bonchev–Trinajstić information content (AvgIpc) is 2.65. The smallest absolute Gasteiger partial charge is 0.334 e. The number of hydrogen-bond acceptors (Lipinski definition) is 4. The standard InChI is InChI=1S/C21H22O4/c1-2-24-21(23)19(14-13-17-9-5-3-6-10-17)15-20(22)25-16-18-11-7-4-8-12-18/h3-12,14H,2,13,15-16H2,1H3/b19-14-. The molecule has 2 aromatic rings. The van der Waals surface area contributed by atoms with Crippen LogP contribution in [0.4, 0.5) is 0 Å². The van der Waals surface area contributed by atoms with Gasteiger partial charge in [0.05, 0.1) is 13.0 Å². The van der Waals surface area contributed by atoms with Crippen LogP contribution in [0.15, 0.2) is 72.3 Å². The van der Waals surface area contributed by atoms with Crippen LogP contribution in [-0.2, 0) is 32.1 Å². The zero-order valence-electron chi connectivity index (χ0n) is 14.3. The van der Waals surface area contributed by atoms with Crippen molar-refractivity contribution >= 4 is 11.9 Å². The highest BCUT2D eigenvalue weighted by atomic mass is 16.5. The molecular formula is C21H22O4. The van der Waals surface area contributed by atoms with Crippen LogP contribution in [0.1, 0.15) is 24.5 Å². The Labute approximate surface area is 148 Å². The SMILES string of the molecule is CCOC(=O)/C(=C\Cc1ccccc1)CC(=O)OCc1ccccc1. The first-order chi connectivity index (χ1) is 12.2. The molecule has 0 aromatic heterocycles. The van der Waals surface area contributed by atoms with Crippen LogP contribution >= 0.6 is 0 Å². The number of benzene rings is 2. The van der Waals surface area contributed by atoms with Crippen LogP contribution in [0.2, 0.25) is 0 Å². The summed E-state index contributed by atoms with van der Waals surface area (Å²) in [7, 11) is 0. The topological polar surface area (TPSA) is 52.6 Å². The van der Waals surface area contributed by atoms with Crippen molar-refractivity contribution in [1.29, 1.82) is 0 Å². The first-order valence-electron chi connectivity index (χ1n) is 8.28. The van der Waals surface area contributed by atoms with Crippen LogP contribution in [0.5, 0.6) is 0 Å². The number of hydrogen-bond donors (Lipinski definition) is 0. The number of esters is 2. The lowest BCUT2D eigenvalue weighted by atomic mass is 10.1.